The van der Waals surface area contributed by atoms with E-state index in [0.717, 1.165) is 18.7 Å². The minimum absolute atomic E-state index is 0.629. The Hall–Kier alpha value is -0.470. The largest absolute Gasteiger partial charge is 0.330 e. The molecule has 0 atom stereocenters. The average Bonchev–Trinajstić information content (AvgIpc) is 2.25. The molecule has 0 saturated carbocycles. The second-order valence-corrected chi connectivity index (χ2v) is 5.20. The van der Waals surface area contributed by atoms with E-state index < -0.39 is 0 Å². The van der Waals surface area contributed by atoms with Gasteiger partial charge in [0.25, 0.3) is 0 Å². The Kier molecular flexibility index (Phi) is 5.81. The van der Waals surface area contributed by atoms with Crippen LogP contribution in [0.1, 0.15) is 37.3 Å². The van der Waals surface area contributed by atoms with Gasteiger partial charge in [0.1, 0.15) is 0 Å². The summed E-state index contributed by atoms with van der Waals surface area (Å²) in [5.41, 5.74) is 8.29. The van der Waals surface area contributed by atoms with Gasteiger partial charge in [-0.3, -0.25) is 0 Å². The molecule has 0 unspecified atom stereocenters. The zero-order chi connectivity index (χ0) is 11.1. The zero-order valence-corrected chi connectivity index (χ0v) is 10.5. The van der Waals surface area contributed by atoms with Gasteiger partial charge in [0.05, 0.1) is 0 Å². The van der Waals surface area contributed by atoms with Gasteiger partial charge in [-0.05, 0) is 35.8 Å². The van der Waals surface area contributed by atoms with Crippen molar-refractivity contribution in [3.05, 3.63) is 35.4 Å². The molecule has 84 valence electrons. The molecule has 0 saturated heterocycles. The Labute approximate surface area is 97.4 Å². The maximum Gasteiger partial charge on any atom is 0.0184 e. The first-order chi connectivity index (χ1) is 7.24. The van der Waals surface area contributed by atoms with Gasteiger partial charge in [-0.1, -0.05) is 38.1 Å². The smallest absolute Gasteiger partial charge is 0.0184 e. The molecule has 2 heteroatoms. The molecule has 2 N–H and O–H groups in total. The molecular weight excluding hydrogens is 202 g/mol. The van der Waals surface area contributed by atoms with Gasteiger partial charge in [-0.25, -0.2) is 0 Å². The highest BCUT2D eigenvalue weighted by Crippen LogP contribution is 2.18. The summed E-state index contributed by atoms with van der Waals surface area (Å²) in [5, 5.41) is 0. The Balaban J connectivity index is 2.36. The molecule has 0 aliphatic carbocycles. The van der Waals surface area contributed by atoms with Crippen LogP contribution >= 0.6 is 11.8 Å². The van der Waals surface area contributed by atoms with Crippen LogP contribution in [0.4, 0.5) is 0 Å². The van der Waals surface area contributed by atoms with Gasteiger partial charge in [0.15, 0.2) is 0 Å². The monoisotopic (exact) mass is 223 g/mol. The van der Waals surface area contributed by atoms with Crippen LogP contribution in [-0.4, -0.2) is 12.3 Å². The second-order valence-electron chi connectivity index (χ2n) is 4.09. The molecule has 15 heavy (non-hydrogen) atoms. The molecule has 1 rings (SSSR count). The summed E-state index contributed by atoms with van der Waals surface area (Å²) >= 11 is 1.97. The molecule has 0 bridgehead atoms. The minimum atomic E-state index is 0.629. The van der Waals surface area contributed by atoms with E-state index in [9.17, 15) is 0 Å². The van der Waals surface area contributed by atoms with Gasteiger partial charge in [0.2, 0.25) is 0 Å². The van der Waals surface area contributed by atoms with E-state index in [1.165, 1.54) is 16.9 Å². The lowest BCUT2D eigenvalue weighted by Crippen LogP contribution is -1.99. The average molecular weight is 223 g/mol. The Morgan fingerprint density at radius 1 is 1.20 bits per heavy atom. The number of hydrogen-bond acceptors (Lipinski definition) is 2. The van der Waals surface area contributed by atoms with E-state index in [1.54, 1.807) is 0 Å². The fraction of sp³-hybridized carbons (Fsp3) is 0.538. The predicted molar refractivity (Wildman–Crippen MR) is 70.4 cm³/mol. The molecule has 0 radical (unpaired) electrons. The van der Waals surface area contributed by atoms with Crippen LogP contribution < -0.4 is 5.73 Å². The SMILES string of the molecule is CC(C)c1ccc(CSCCCN)cc1. The summed E-state index contributed by atoms with van der Waals surface area (Å²) in [7, 11) is 0. The first kappa shape index (κ1) is 12.6. The van der Waals surface area contributed by atoms with E-state index >= 15 is 0 Å². The van der Waals surface area contributed by atoms with Crippen molar-refractivity contribution in [2.75, 3.05) is 12.3 Å². The van der Waals surface area contributed by atoms with Gasteiger partial charge in [-0.15, -0.1) is 0 Å². The first-order valence-electron chi connectivity index (χ1n) is 5.60. The number of rotatable bonds is 6. The van der Waals surface area contributed by atoms with Crippen LogP contribution in [0.3, 0.4) is 0 Å². The molecule has 0 aliphatic rings. The van der Waals surface area contributed by atoms with Crippen LogP contribution in [0, 0.1) is 0 Å². The molecule has 0 heterocycles. The molecule has 1 nitrogen and oxygen atoms in total. The molecule has 0 fully saturated rings. The molecule has 0 spiro atoms. The molecule has 1 aromatic rings. The van der Waals surface area contributed by atoms with E-state index in [-0.39, 0.29) is 0 Å². The highest BCUT2D eigenvalue weighted by Gasteiger charge is 1.98. The lowest BCUT2D eigenvalue weighted by atomic mass is 10.0. The predicted octanol–water partition coefficient (Wildman–Crippen LogP) is 3.39. The molecule has 0 aliphatic heterocycles. The van der Waals surface area contributed by atoms with Crippen molar-refractivity contribution in [1.29, 1.82) is 0 Å². The van der Waals surface area contributed by atoms with Crippen molar-refractivity contribution < 1.29 is 0 Å². The van der Waals surface area contributed by atoms with Crippen molar-refractivity contribution in [2.45, 2.75) is 31.9 Å². The topological polar surface area (TPSA) is 26.0 Å². The lowest BCUT2D eigenvalue weighted by Gasteiger charge is -2.06. The van der Waals surface area contributed by atoms with E-state index in [1.807, 2.05) is 11.8 Å². The van der Waals surface area contributed by atoms with Crippen LogP contribution in [0.25, 0.3) is 0 Å². The minimum Gasteiger partial charge on any atom is -0.330 e. The zero-order valence-electron chi connectivity index (χ0n) is 9.70. The summed E-state index contributed by atoms with van der Waals surface area (Å²) in [4.78, 5) is 0. The summed E-state index contributed by atoms with van der Waals surface area (Å²) in [5.74, 6) is 2.91. The van der Waals surface area contributed by atoms with Gasteiger partial charge < -0.3 is 5.73 Å². The van der Waals surface area contributed by atoms with Crippen LogP contribution in [-0.2, 0) is 5.75 Å². The first-order valence-corrected chi connectivity index (χ1v) is 6.76. The van der Waals surface area contributed by atoms with E-state index in [2.05, 4.69) is 38.1 Å². The Bertz CT molecular complexity index is 266. The Morgan fingerprint density at radius 3 is 2.40 bits per heavy atom. The fourth-order valence-corrected chi connectivity index (χ4v) is 2.32. The van der Waals surface area contributed by atoms with E-state index in [0.29, 0.717) is 5.92 Å². The van der Waals surface area contributed by atoms with Gasteiger partial charge in [0, 0.05) is 5.75 Å². The number of hydrogen-bond donors (Lipinski definition) is 1. The molecular formula is C13H21NS. The molecule has 1 aromatic carbocycles. The van der Waals surface area contributed by atoms with Crippen molar-refractivity contribution in [3.63, 3.8) is 0 Å². The fourth-order valence-electron chi connectivity index (χ4n) is 1.37. The van der Waals surface area contributed by atoms with Crippen LogP contribution in [0.5, 0.6) is 0 Å². The highest BCUT2D eigenvalue weighted by atomic mass is 32.2. The van der Waals surface area contributed by atoms with Gasteiger partial charge in [-0.2, -0.15) is 11.8 Å². The summed E-state index contributed by atoms with van der Waals surface area (Å²) in [6.07, 6.45) is 1.12. The van der Waals surface area contributed by atoms with E-state index in [4.69, 9.17) is 5.73 Å². The van der Waals surface area contributed by atoms with Crippen LogP contribution in [0.15, 0.2) is 24.3 Å². The van der Waals surface area contributed by atoms with Crippen LogP contribution in [0.2, 0.25) is 0 Å². The molecule has 0 aromatic heterocycles. The third-order valence-electron chi connectivity index (χ3n) is 2.41. The van der Waals surface area contributed by atoms with Crippen molar-refractivity contribution in [2.24, 2.45) is 5.73 Å². The summed E-state index contributed by atoms with van der Waals surface area (Å²) < 4.78 is 0. The van der Waals surface area contributed by atoms with Gasteiger partial charge >= 0.3 is 0 Å². The normalized spacial score (nSPS) is 10.9. The number of nitrogens with two attached hydrogens (primary N) is 1. The maximum atomic E-state index is 5.45. The van der Waals surface area contributed by atoms with Crippen molar-refractivity contribution in [1.82, 2.24) is 0 Å². The maximum absolute atomic E-state index is 5.45. The highest BCUT2D eigenvalue weighted by molar-refractivity contribution is 7.98. The standard InChI is InChI=1S/C13H21NS/c1-11(2)13-6-4-12(5-7-13)10-15-9-3-8-14/h4-7,11H,3,8-10,14H2,1-2H3. The lowest BCUT2D eigenvalue weighted by molar-refractivity contribution is 0.866. The van der Waals surface area contributed by atoms with Crippen molar-refractivity contribution in [3.8, 4) is 0 Å². The second kappa shape index (κ2) is 6.91. The third-order valence-corrected chi connectivity index (χ3v) is 3.52. The third kappa shape index (κ3) is 4.72. The summed E-state index contributed by atoms with van der Waals surface area (Å²) in [6, 6.07) is 8.96. The summed E-state index contributed by atoms with van der Waals surface area (Å²) in [6.45, 7) is 5.26. The quantitative estimate of drug-likeness (QED) is 0.748. The number of benzene rings is 1. The van der Waals surface area contributed by atoms with Crippen molar-refractivity contribution >= 4 is 11.8 Å². The Morgan fingerprint density at radius 2 is 1.87 bits per heavy atom. The number of thioether (sulfide) groups is 1. The molecule has 0 amide bonds.